The molecule has 33 heavy (non-hydrogen) atoms. The molecule has 2 aromatic rings. The predicted molar refractivity (Wildman–Crippen MR) is 133 cm³/mol. The van der Waals surface area contributed by atoms with Crippen LogP contribution in [0.5, 0.6) is 0 Å². The topological polar surface area (TPSA) is 86.8 Å². The van der Waals surface area contributed by atoms with E-state index in [9.17, 15) is 18.0 Å². The summed E-state index contributed by atoms with van der Waals surface area (Å²) in [6.07, 6.45) is 1.77. The highest BCUT2D eigenvalue weighted by Crippen LogP contribution is 2.25. The maximum Gasteiger partial charge on any atom is 0.244 e. The number of rotatable bonds is 10. The van der Waals surface area contributed by atoms with Crippen LogP contribution in [-0.4, -0.2) is 50.5 Å². The van der Waals surface area contributed by atoms with Crippen LogP contribution in [0, 0.1) is 6.92 Å². The van der Waals surface area contributed by atoms with Crippen LogP contribution in [0.3, 0.4) is 0 Å². The summed E-state index contributed by atoms with van der Waals surface area (Å²) in [6, 6.07) is 10.9. The van der Waals surface area contributed by atoms with Gasteiger partial charge in [0, 0.05) is 23.1 Å². The van der Waals surface area contributed by atoms with Gasteiger partial charge in [-0.05, 0) is 55.7 Å². The Hall–Kier alpha value is -2.29. The summed E-state index contributed by atoms with van der Waals surface area (Å²) in [4.78, 5) is 27.4. The number of amides is 2. The number of hydrogen-bond donors (Lipinski definition) is 1. The van der Waals surface area contributed by atoms with E-state index in [0.717, 1.165) is 28.1 Å². The monoisotopic (exact) mass is 513 g/mol. The van der Waals surface area contributed by atoms with Crippen LogP contribution in [0.25, 0.3) is 0 Å². The molecule has 0 aromatic heterocycles. The van der Waals surface area contributed by atoms with Crippen LogP contribution in [0.2, 0.25) is 10.0 Å². The summed E-state index contributed by atoms with van der Waals surface area (Å²) in [5.41, 5.74) is 1.81. The fourth-order valence-corrected chi connectivity index (χ4v) is 4.26. The fourth-order valence-electron chi connectivity index (χ4n) is 3.12. The minimum atomic E-state index is -3.81. The lowest BCUT2D eigenvalue weighted by Crippen LogP contribution is -2.51. The van der Waals surface area contributed by atoms with Crippen LogP contribution in [-0.2, 0) is 26.2 Å². The lowest BCUT2D eigenvalue weighted by atomic mass is 10.1. The number of halogens is 2. The molecule has 1 atom stereocenters. The largest absolute Gasteiger partial charge is 0.354 e. The zero-order chi connectivity index (χ0) is 24.8. The Labute approximate surface area is 205 Å². The first-order valence-electron chi connectivity index (χ1n) is 10.5. The maximum atomic E-state index is 13.4. The summed E-state index contributed by atoms with van der Waals surface area (Å²) in [5, 5.41) is 3.72. The number of carbonyl (C=O) groups excluding carboxylic acids is 2. The molecule has 0 aliphatic rings. The SMILES string of the molecule is CCCNC(=O)[C@@H](C)N(Cc1ccc(Cl)cc1)C(=O)CN(c1ccc(C)c(Cl)c1)S(C)(=O)=O. The first-order valence-corrected chi connectivity index (χ1v) is 13.1. The Balaban J connectivity index is 2.38. The van der Waals surface area contributed by atoms with E-state index in [2.05, 4.69) is 5.32 Å². The molecule has 0 radical (unpaired) electrons. The Bertz CT molecular complexity index is 1090. The van der Waals surface area contributed by atoms with Gasteiger partial charge in [0.05, 0.1) is 11.9 Å². The van der Waals surface area contributed by atoms with Crippen molar-refractivity contribution in [1.82, 2.24) is 10.2 Å². The van der Waals surface area contributed by atoms with Gasteiger partial charge in [0.15, 0.2) is 0 Å². The zero-order valence-corrected chi connectivity index (χ0v) is 21.5. The molecule has 1 N–H and O–H groups in total. The average molecular weight is 514 g/mol. The number of carbonyl (C=O) groups is 2. The van der Waals surface area contributed by atoms with Gasteiger partial charge < -0.3 is 10.2 Å². The van der Waals surface area contributed by atoms with Crippen LogP contribution < -0.4 is 9.62 Å². The number of anilines is 1. The van der Waals surface area contributed by atoms with Crippen molar-refractivity contribution in [3.8, 4) is 0 Å². The molecule has 0 fully saturated rings. The molecule has 0 unspecified atom stereocenters. The Morgan fingerprint density at radius 3 is 2.27 bits per heavy atom. The molecule has 0 heterocycles. The fraction of sp³-hybridized carbons (Fsp3) is 0.391. The minimum Gasteiger partial charge on any atom is -0.354 e. The molecule has 180 valence electrons. The van der Waals surface area contributed by atoms with Crippen LogP contribution >= 0.6 is 23.2 Å². The van der Waals surface area contributed by atoms with Gasteiger partial charge in [-0.2, -0.15) is 0 Å². The van der Waals surface area contributed by atoms with Crippen molar-refractivity contribution in [3.63, 3.8) is 0 Å². The molecule has 2 aromatic carbocycles. The van der Waals surface area contributed by atoms with Crippen molar-refractivity contribution in [2.45, 2.75) is 39.8 Å². The number of aryl methyl sites for hydroxylation is 1. The molecule has 0 saturated carbocycles. The Morgan fingerprint density at radius 1 is 1.09 bits per heavy atom. The average Bonchev–Trinajstić information content (AvgIpc) is 2.76. The van der Waals surface area contributed by atoms with E-state index >= 15 is 0 Å². The van der Waals surface area contributed by atoms with Crippen LogP contribution in [0.4, 0.5) is 5.69 Å². The smallest absolute Gasteiger partial charge is 0.244 e. The molecular weight excluding hydrogens is 485 g/mol. The number of benzene rings is 2. The quantitative estimate of drug-likeness (QED) is 0.519. The van der Waals surface area contributed by atoms with Crippen LogP contribution in [0.15, 0.2) is 42.5 Å². The predicted octanol–water partition coefficient (Wildman–Crippen LogP) is 4.01. The highest BCUT2D eigenvalue weighted by molar-refractivity contribution is 7.92. The van der Waals surface area contributed by atoms with Gasteiger partial charge in [0.1, 0.15) is 12.6 Å². The van der Waals surface area contributed by atoms with Gasteiger partial charge in [-0.1, -0.05) is 48.3 Å². The summed E-state index contributed by atoms with van der Waals surface area (Å²) in [5.74, 6) is -0.838. The molecular formula is C23H29Cl2N3O4S. The van der Waals surface area contributed by atoms with Crippen molar-refractivity contribution < 1.29 is 18.0 Å². The van der Waals surface area contributed by atoms with Gasteiger partial charge in [-0.15, -0.1) is 0 Å². The lowest BCUT2D eigenvalue weighted by molar-refractivity contribution is -0.139. The molecule has 10 heteroatoms. The second-order valence-corrected chi connectivity index (χ2v) is 10.6. The van der Waals surface area contributed by atoms with E-state index in [1.54, 1.807) is 50.2 Å². The minimum absolute atomic E-state index is 0.114. The van der Waals surface area contributed by atoms with Crippen LogP contribution in [0.1, 0.15) is 31.4 Å². The van der Waals surface area contributed by atoms with Crippen molar-refractivity contribution in [1.29, 1.82) is 0 Å². The second-order valence-electron chi connectivity index (χ2n) is 7.82. The van der Waals surface area contributed by atoms with Gasteiger partial charge in [0.2, 0.25) is 21.8 Å². The molecule has 0 aliphatic heterocycles. The van der Waals surface area contributed by atoms with E-state index in [1.807, 2.05) is 6.92 Å². The number of nitrogens with one attached hydrogen (secondary N) is 1. The molecule has 2 rings (SSSR count). The van der Waals surface area contributed by atoms with Gasteiger partial charge in [0.25, 0.3) is 0 Å². The van der Waals surface area contributed by atoms with E-state index < -0.39 is 28.5 Å². The molecule has 0 aliphatic carbocycles. The van der Waals surface area contributed by atoms with E-state index in [4.69, 9.17) is 23.2 Å². The first-order chi connectivity index (χ1) is 15.4. The highest BCUT2D eigenvalue weighted by Gasteiger charge is 2.30. The number of nitrogens with zero attached hydrogens (tertiary/aromatic N) is 2. The van der Waals surface area contributed by atoms with Gasteiger partial charge >= 0.3 is 0 Å². The second kappa shape index (κ2) is 11.7. The number of sulfonamides is 1. The van der Waals surface area contributed by atoms with Crippen molar-refractivity contribution in [2.75, 3.05) is 23.7 Å². The van der Waals surface area contributed by atoms with E-state index in [-0.39, 0.29) is 18.1 Å². The summed E-state index contributed by atoms with van der Waals surface area (Å²) >= 11 is 12.1. The molecule has 0 saturated heterocycles. The summed E-state index contributed by atoms with van der Waals surface area (Å²) < 4.78 is 26.1. The van der Waals surface area contributed by atoms with E-state index in [1.165, 1.54) is 11.0 Å². The first kappa shape index (κ1) is 27.0. The maximum absolute atomic E-state index is 13.4. The van der Waals surface area contributed by atoms with Gasteiger partial charge in [-0.25, -0.2) is 8.42 Å². The standard InChI is InChI=1S/C23H29Cl2N3O4S/c1-5-12-26-23(30)17(3)27(14-18-7-9-19(24)10-8-18)22(29)15-28(33(4,31)32)20-11-6-16(2)21(25)13-20/h6-11,13,17H,5,12,14-15H2,1-4H3,(H,26,30)/t17-/m1/s1. The van der Waals surface area contributed by atoms with E-state index in [0.29, 0.717) is 16.6 Å². The molecule has 0 spiro atoms. The van der Waals surface area contributed by atoms with Crippen molar-refractivity contribution in [3.05, 3.63) is 63.6 Å². The Kier molecular flexibility index (Phi) is 9.57. The summed E-state index contributed by atoms with van der Waals surface area (Å²) in [6.45, 7) is 5.46. The Morgan fingerprint density at radius 2 is 1.73 bits per heavy atom. The summed E-state index contributed by atoms with van der Waals surface area (Å²) in [7, 11) is -3.81. The third-order valence-corrected chi connectivity index (χ3v) is 6.91. The third kappa shape index (κ3) is 7.62. The number of hydrogen-bond acceptors (Lipinski definition) is 4. The normalized spacial score (nSPS) is 12.2. The van der Waals surface area contributed by atoms with Crippen molar-refractivity contribution >= 4 is 50.7 Å². The third-order valence-electron chi connectivity index (χ3n) is 5.11. The van der Waals surface area contributed by atoms with Crippen molar-refractivity contribution in [2.24, 2.45) is 0 Å². The molecule has 2 amide bonds. The molecule has 7 nitrogen and oxygen atoms in total. The zero-order valence-electron chi connectivity index (χ0n) is 19.1. The van der Waals surface area contributed by atoms with Gasteiger partial charge in [-0.3, -0.25) is 13.9 Å². The lowest BCUT2D eigenvalue weighted by Gasteiger charge is -2.31. The molecule has 0 bridgehead atoms. The highest BCUT2D eigenvalue weighted by atomic mass is 35.5.